The Bertz CT molecular complexity index is 1660. The standard InChI is InChI=1S/C40H43N2P/c1-29(2)36-26-17-27-37(30(3)4)40(36)42-43(34-22-12-8-13-23-34,35-24-14-9-15-25-35)28-38(33-20-10-7-11-21-33)41-39-31(5)18-16-19-32(39)6/h7-30,41H,1-6H3/b38-28-. The first-order valence-corrected chi connectivity index (χ1v) is 17.1. The van der Waals surface area contributed by atoms with Crippen LogP contribution in [0.2, 0.25) is 0 Å². The fourth-order valence-corrected chi connectivity index (χ4v) is 8.94. The van der Waals surface area contributed by atoms with E-state index in [1.54, 1.807) is 0 Å². The van der Waals surface area contributed by atoms with E-state index in [4.69, 9.17) is 4.74 Å². The summed E-state index contributed by atoms with van der Waals surface area (Å²) in [5.74, 6) is 3.15. The first-order chi connectivity index (χ1) is 20.8. The maximum atomic E-state index is 6.02. The van der Waals surface area contributed by atoms with Gasteiger partial charge in [-0.1, -0.05) is 155 Å². The van der Waals surface area contributed by atoms with Crippen LogP contribution in [-0.4, -0.2) is 0 Å². The summed E-state index contributed by atoms with van der Waals surface area (Å²) in [7, 11) is -2.54. The minimum Gasteiger partial charge on any atom is -0.355 e. The fourth-order valence-electron chi connectivity index (χ4n) is 5.67. The Kier molecular flexibility index (Phi) is 9.49. The summed E-state index contributed by atoms with van der Waals surface area (Å²) in [4.78, 5) is 0. The molecular weight excluding hydrogens is 539 g/mol. The normalized spacial score (nSPS) is 12.0. The molecule has 0 aromatic heterocycles. The Balaban J connectivity index is 1.96. The molecule has 0 radical (unpaired) electrons. The van der Waals surface area contributed by atoms with Crippen molar-refractivity contribution >= 4 is 34.7 Å². The quantitative estimate of drug-likeness (QED) is 0.172. The number of para-hydroxylation sites is 1. The third-order valence-corrected chi connectivity index (χ3v) is 11.4. The summed E-state index contributed by atoms with van der Waals surface area (Å²) >= 11 is 0. The molecule has 0 spiro atoms. The van der Waals surface area contributed by atoms with E-state index < -0.39 is 7.05 Å². The molecule has 0 bridgehead atoms. The maximum absolute atomic E-state index is 6.02. The van der Waals surface area contributed by atoms with Gasteiger partial charge in [0.1, 0.15) is 0 Å². The molecule has 0 aliphatic heterocycles. The molecule has 5 rings (SSSR count). The van der Waals surface area contributed by atoms with Gasteiger partial charge in [0.15, 0.2) is 0 Å². The second-order valence-corrected chi connectivity index (χ2v) is 14.7. The molecule has 0 saturated heterocycles. The van der Waals surface area contributed by atoms with Gasteiger partial charge < -0.3 is 5.32 Å². The Morgan fingerprint density at radius 3 is 1.49 bits per heavy atom. The van der Waals surface area contributed by atoms with Gasteiger partial charge in [-0.3, -0.25) is 4.74 Å². The van der Waals surface area contributed by atoms with Crippen LogP contribution in [0.15, 0.2) is 138 Å². The smallest absolute Gasteiger partial charge is 0.0694 e. The highest BCUT2D eigenvalue weighted by molar-refractivity contribution is 7.83. The van der Waals surface area contributed by atoms with Crippen LogP contribution < -0.4 is 15.9 Å². The van der Waals surface area contributed by atoms with Gasteiger partial charge in [0.25, 0.3) is 0 Å². The van der Waals surface area contributed by atoms with Crippen molar-refractivity contribution in [2.24, 2.45) is 4.74 Å². The SMILES string of the molecule is Cc1cccc(C)c1N/C(=C\P(=Nc1c(C(C)C)cccc1C(C)C)(c1ccccc1)c1ccccc1)c1ccccc1. The van der Waals surface area contributed by atoms with Crippen molar-refractivity contribution in [3.05, 3.63) is 161 Å². The Morgan fingerprint density at radius 1 is 0.581 bits per heavy atom. The predicted molar refractivity (Wildman–Crippen MR) is 190 cm³/mol. The Labute approximate surface area is 258 Å². The van der Waals surface area contributed by atoms with Crippen molar-refractivity contribution in [3.8, 4) is 0 Å². The second-order valence-electron chi connectivity index (χ2n) is 11.9. The molecule has 218 valence electrons. The molecule has 3 heteroatoms. The summed E-state index contributed by atoms with van der Waals surface area (Å²) in [5, 5.41) is 6.37. The highest BCUT2D eigenvalue weighted by Crippen LogP contribution is 2.55. The van der Waals surface area contributed by atoms with E-state index in [9.17, 15) is 0 Å². The van der Waals surface area contributed by atoms with Gasteiger partial charge in [0.2, 0.25) is 0 Å². The largest absolute Gasteiger partial charge is 0.355 e. The van der Waals surface area contributed by atoms with Gasteiger partial charge in [-0.25, -0.2) is 0 Å². The van der Waals surface area contributed by atoms with Gasteiger partial charge in [-0.05, 0) is 59.3 Å². The Hall–Kier alpha value is -4.13. The van der Waals surface area contributed by atoms with E-state index >= 15 is 0 Å². The molecule has 5 aromatic rings. The van der Waals surface area contributed by atoms with Crippen LogP contribution in [-0.2, 0) is 0 Å². The van der Waals surface area contributed by atoms with E-state index in [2.05, 4.69) is 180 Å². The number of aryl methyl sites for hydroxylation is 2. The first-order valence-electron chi connectivity index (χ1n) is 15.3. The van der Waals surface area contributed by atoms with E-state index in [1.807, 2.05) is 0 Å². The van der Waals surface area contributed by atoms with Crippen molar-refractivity contribution in [1.29, 1.82) is 0 Å². The van der Waals surface area contributed by atoms with Gasteiger partial charge in [-0.15, -0.1) is 0 Å². The summed E-state index contributed by atoms with van der Waals surface area (Å²) in [6.07, 6.45) is 0. The van der Waals surface area contributed by atoms with Crippen LogP contribution >= 0.6 is 7.05 Å². The predicted octanol–water partition coefficient (Wildman–Crippen LogP) is 11.1. The molecule has 0 aliphatic rings. The van der Waals surface area contributed by atoms with Crippen LogP contribution in [0, 0.1) is 13.8 Å². The summed E-state index contributed by atoms with van der Waals surface area (Å²) in [6.45, 7) is 13.4. The van der Waals surface area contributed by atoms with Gasteiger partial charge in [0.05, 0.1) is 12.7 Å². The zero-order valence-corrected chi connectivity index (χ0v) is 27.1. The van der Waals surface area contributed by atoms with E-state index in [-0.39, 0.29) is 0 Å². The van der Waals surface area contributed by atoms with Crippen LogP contribution in [0.5, 0.6) is 0 Å². The average molecular weight is 583 g/mol. The summed E-state index contributed by atoms with van der Waals surface area (Å²) in [6, 6.07) is 45.7. The molecule has 0 fully saturated rings. The number of hydrogen-bond donors (Lipinski definition) is 1. The molecule has 0 amide bonds. The van der Waals surface area contributed by atoms with Crippen LogP contribution in [0.1, 0.15) is 67.3 Å². The number of hydrogen-bond acceptors (Lipinski definition) is 2. The summed E-state index contributed by atoms with van der Waals surface area (Å²) in [5.41, 5.74) is 9.49. The molecule has 5 aromatic carbocycles. The molecular formula is C40H43N2P. The number of nitrogens with zero attached hydrogens (tertiary/aromatic N) is 1. The average Bonchev–Trinajstić information content (AvgIpc) is 3.03. The molecule has 0 heterocycles. The lowest BCUT2D eigenvalue weighted by molar-refractivity contribution is 0.835. The third kappa shape index (κ3) is 6.61. The highest BCUT2D eigenvalue weighted by Gasteiger charge is 2.27. The van der Waals surface area contributed by atoms with Gasteiger partial charge >= 0.3 is 0 Å². The number of anilines is 1. The fraction of sp³-hybridized carbons (Fsp3) is 0.200. The lowest BCUT2D eigenvalue weighted by Crippen LogP contribution is -2.16. The monoisotopic (exact) mass is 582 g/mol. The van der Waals surface area contributed by atoms with E-state index in [1.165, 1.54) is 32.9 Å². The third-order valence-electron chi connectivity index (χ3n) is 8.04. The topological polar surface area (TPSA) is 24.4 Å². The van der Waals surface area contributed by atoms with Gasteiger partial charge in [0, 0.05) is 22.0 Å². The number of benzene rings is 5. The van der Waals surface area contributed by atoms with Crippen molar-refractivity contribution in [2.75, 3.05) is 5.32 Å². The molecule has 0 unspecified atom stereocenters. The van der Waals surface area contributed by atoms with Crippen molar-refractivity contribution in [3.63, 3.8) is 0 Å². The minimum atomic E-state index is -2.54. The lowest BCUT2D eigenvalue weighted by Gasteiger charge is -2.28. The lowest BCUT2D eigenvalue weighted by atomic mass is 9.93. The molecule has 0 saturated carbocycles. The number of rotatable bonds is 9. The number of nitrogens with one attached hydrogen (secondary N) is 1. The molecule has 2 nitrogen and oxygen atoms in total. The van der Waals surface area contributed by atoms with Crippen LogP contribution in [0.4, 0.5) is 11.4 Å². The van der Waals surface area contributed by atoms with E-state index in [0.717, 1.165) is 22.6 Å². The molecule has 1 N–H and O–H groups in total. The van der Waals surface area contributed by atoms with Crippen molar-refractivity contribution in [2.45, 2.75) is 53.4 Å². The molecule has 0 aliphatic carbocycles. The highest BCUT2D eigenvalue weighted by atomic mass is 31.2. The first kappa shape index (κ1) is 30.3. The van der Waals surface area contributed by atoms with Crippen LogP contribution in [0.3, 0.4) is 0 Å². The van der Waals surface area contributed by atoms with Crippen molar-refractivity contribution < 1.29 is 0 Å². The van der Waals surface area contributed by atoms with Crippen LogP contribution in [0.25, 0.3) is 5.70 Å². The summed E-state index contributed by atoms with van der Waals surface area (Å²) < 4.78 is 6.02. The second kappa shape index (κ2) is 13.4. The maximum Gasteiger partial charge on any atom is 0.0694 e. The van der Waals surface area contributed by atoms with Gasteiger partial charge in [-0.2, -0.15) is 0 Å². The zero-order chi connectivity index (χ0) is 30.4. The van der Waals surface area contributed by atoms with Crippen molar-refractivity contribution in [1.82, 2.24) is 0 Å². The molecule has 43 heavy (non-hydrogen) atoms. The minimum absolute atomic E-state index is 0.344. The zero-order valence-electron chi connectivity index (χ0n) is 26.3. The Morgan fingerprint density at radius 2 is 1.02 bits per heavy atom. The van der Waals surface area contributed by atoms with E-state index in [0.29, 0.717) is 11.8 Å². The molecule has 0 atom stereocenters.